The normalized spacial score (nSPS) is 28.1. The van der Waals surface area contributed by atoms with Gasteiger partial charge in [-0.2, -0.15) is 0 Å². The first-order valence-electron chi connectivity index (χ1n) is 8.84. The molecule has 2 saturated heterocycles. The molecule has 3 aliphatic heterocycles. The summed E-state index contributed by atoms with van der Waals surface area (Å²) in [5.41, 5.74) is 1.17. The molecular weight excluding hydrogens is 346 g/mol. The number of methoxy groups -OCH3 is 1. The summed E-state index contributed by atoms with van der Waals surface area (Å²) < 4.78 is 29.1. The largest absolute Gasteiger partial charge is 0.490 e. The van der Waals surface area contributed by atoms with Crippen LogP contribution < -0.4 is 4.74 Å². The van der Waals surface area contributed by atoms with Crippen molar-refractivity contribution in [3.8, 4) is 5.75 Å². The molecule has 0 bridgehead atoms. The van der Waals surface area contributed by atoms with E-state index < -0.39 is 5.60 Å². The lowest BCUT2D eigenvalue weighted by molar-refractivity contribution is -0.110. The highest BCUT2D eigenvalue weighted by molar-refractivity contribution is 6.29. The minimum Gasteiger partial charge on any atom is -0.490 e. The van der Waals surface area contributed by atoms with Crippen molar-refractivity contribution >= 4 is 11.6 Å². The number of aromatic nitrogens is 1. The minimum atomic E-state index is -0.478. The van der Waals surface area contributed by atoms with Crippen LogP contribution in [0.15, 0.2) is 6.07 Å². The van der Waals surface area contributed by atoms with Crippen LogP contribution in [-0.2, 0) is 31.0 Å². The fraction of sp³-hybridized carbons (Fsp3) is 0.722. The number of hydrogen-bond acceptors (Lipinski definition) is 6. The predicted molar refractivity (Wildman–Crippen MR) is 91.3 cm³/mol. The predicted octanol–water partition coefficient (Wildman–Crippen LogP) is 2.50. The summed E-state index contributed by atoms with van der Waals surface area (Å²) in [6.45, 7) is 3.70. The lowest BCUT2D eigenvalue weighted by Crippen LogP contribution is -2.44. The number of fused-ring (bicyclic) bond motifs is 2. The van der Waals surface area contributed by atoms with E-state index in [1.807, 2.05) is 0 Å². The van der Waals surface area contributed by atoms with Crippen LogP contribution in [0.25, 0.3) is 0 Å². The van der Waals surface area contributed by atoms with Gasteiger partial charge < -0.3 is 23.7 Å². The van der Waals surface area contributed by atoms with E-state index in [-0.39, 0.29) is 5.60 Å². The Morgan fingerprint density at radius 1 is 1.16 bits per heavy atom. The van der Waals surface area contributed by atoms with Crippen LogP contribution in [0.2, 0.25) is 5.15 Å². The molecule has 2 fully saturated rings. The molecule has 0 aliphatic carbocycles. The Kier molecular flexibility index (Phi) is 4.90. The molecule has 0 radical (unpaired) electrons. The zero-order chi connectivity index (χ0) is 17.3. The van der Waals surface area contributed by atoms with Crippen molar-refractivity contribution in [2.45, 2.75) is 36.9 Å². The van der Waals surface area contributed by atoms with Gasteiger partial charge in [-0.3, -0.25) is 0 Å². The molecule has 6 nitrogen and oxygen atoms in total. The molecule has 138 valence electrons. The highest BCUT2D eigenvalue weighted by atomic mass is 35.5. The maximum absolute atomic E-state index is 6.29. The molecule has 1 spiro atoms. The standard InChI is InChI=1S/C18H24ClNO5/c1-21-17(3-7-22-8-4-17)11-24-14-10-15(19)20-16-13(14)2-6-25-18(16)5-9-23-12-18/h10H,2-9,11-12H2,1H3. The molecule has 0 saturated carbocycles. The molecule has 0 amide bonds. The van der Waals surface area contributed by atoms with Gasteiger partial charge >= 0.3 is 0 Å². The lowest BCUT2D eigenvalue weighted by Gasteiger charge is -2.37. The summed E-state index contributed by atoms with van der Waals surface area (Å²) in [5.74, 6) is 0.785. The smallest absolute Gasteiger partial charge is 0.136 e. The number of hydrogen-bond donors (Lipinski definition) is 0. The summed E-state index contributed by atoms with van der Waals surface area (Å²) in [6.07, 6.45) is 3.21. The van der Waals surface area contributed by atoms with Crippen LogP contribution in [0.3, 0.4) is 0 Å². The fourth-order valence-corrected chi connectivity index (χ4v) is 4.07. The zero-order valence-corrected chi connectivity index (χ0v) is 15.3. The van der Waals surface area contributed by atoms with Crippen molar-refractivity contribution in [2.75, 3.05) is 46.8 Å². The third-order valence-corrected chi connectivity index (χ3v) is 5.72. The molecular formula is C18H24ClNO5. The van der Waals surface area contributed by atoms with Crippen LogP contribution in [0.5, 0.6) is 5.75 Å². The average Bonchev–Trinajstić information content (AvgIpc) is 3.11. The van der Waals surface area contributed by atoms with Gasteiger partial charge in [-0.25, -0.2) is 4.98 Å². The van der Waals surface area contributed by atoms with Crippen LogP contribution >= 0.6 is 11.6 Å². The summed E-state index contributed by atoms with van der Waals surface area (Å²) in [7, 11) is 1.74. The monoisotopic (exact) mass is 369 g/mol. The number of nitrogens with zero attached hydrogens (tertiary/aromatic N) is 1. The maximum atomic E-state index is 6.29. The van der Waals surface area contributed by atoms with E-state index in [0.717, 1.165) is 42.7 Å². The van der Waals surface area contributed by atoms with Gasteiger partial charge in [0.25, 0.3) is 0 Å². The zero-order valence-electron chi connectivity index (χ0n) is 14.5. The Balaban J connectivity index is 1.61. The van der Waals surface area contributed by atoms with Gasteiger partial charge in [-0.1, -0.05) is 11.6 Å². The third-order valence-electron chi connectivity index (χ3n) is 5.53. The molecule has 0 aromatic carbocycles. The van der Waals surface area contributed by atoms with Gasteiger partial charge in [0.15, 0.2) is 0 Å². The Morgan fingerprint density at radius 3 is 2.68 bits per heavy atom. The lowest BCUT2D eigenvalue weighted by atomic mass is 9.89. The topological polar surface area (TPSA) is 59.0 Å². The first-order chi connectivity index (χ1) is 12.2. The van der Waals surface area contributed by atoms with E-state index >= 15 is 0 Å². The second kappa shape index (κ2) is 7.00. The third kappa shape index (κ3) is 3.26. The van der Waals surface area contributed by atoms with Gasteiger partial charge in [-0.15, -0.1) is 0 Å². The second-order valence-corrected chi connectivity index (χ2v) is 7.34. The molecule has 7 heteroatoms. The summed E-state index contributed by atoms with van der Waals surface area (Å²) >= 11 is 6.29. The molecule has 4 heterocycles. The highest BCUT2D eigenvalue weighted by Gasteiger charge is 2.44. The van der Waals surface area contributed by atoms with Crippen molar-refractivity contribution in [1.29, 1.82) is 0 Å². The van der Waals surface area contributed by atoms with E-state index in [1.54, 1.807) is 13.2 Å². The summed E-state index contributed by atoms with van der Waals surface area (Å²) in [4.78, 5) is 4.57. The Labute approximate surface area is 152 Å². The minimum absolute atomic E-state index is 0.305. The number of pyridine rings is 1. The van der Waals surface area contributed by atoms with Crippen LogP contribution in [0.4, 0.5) is 0 Å². The van der Waals surface area contributed by atoms with E-state index in [1.165, 1.54) is 0 Å². The molecule has 0 N–H and O–H groups in total. The van der Waals surface area contributed by atoms with Gasteiger partial charge in [0.1, 0.15) is 28.7 Å². The van der Waals surface area contributed by atoms with Crippen LogP contribution in [-0.4, -0.2) is 57.3 Å². The van der Waals surface area contributed by atoms with Crippen LogP contribution in [0.1, 0.15) is 30.5 Å². The van der Waals surface area contributed by atoms with Crippen molar-refractivity contribution in [3.05, 3.63) is 22.5 Å². The fourth-order valence-electron chi connectivity index (χ4n) is 3.89. The van der Waals surface area contributed by atoms with Gasteiger partial charge in [0.05, 0.1) is 18.9 Å². The van der Waals surface area contributed by atoms with E-state index in [2.05, 4.69) is 4.98 Å². The summed E-state index contributed by atoms with van der Waals surface area (Å²) in [6, 6.07) is 1.80. The number of ether oxygens (including phenoxy) is 5. The molecule has 3 aliphatic rings. The van der Waals surface area contributed by atoms with E-state index in [4.69, 9.17) is 35.3 Å². The highest BCUT2D eigenvalue weighted by Crippen LogP contribution is 2.42. The SMILES string of the molecule is COC1(COc2cc(Cl)nc3c2CCOC32CCOC2)CCOCC1. The number of rotatable bonds is 4. The summed E-state index contributed by atoms with van der Waals surface area (Å²) in [5, 5.41) is 0.420. The van der Waals surface area contributed by atoms with Crippen LogP contribution in [0, 0.1) is 0 Å². The maximum Gasteiger partial charge on any atom is 0.136 e. The first kappa shape index (κ1) is 17.5. The van der Waals surface area contributed by atoms with Gasteiger partial charge in [0, 0.05) is 64.2 Å². The van der Waals surface area contributed by atoms with Gasteiger partial charge in [-0.05, 0) is 0 Å². The van der Waals surface area contributed by atoms with Crippen molar-refractivity contribution in [3.63, 3.8) is 0 Å². The molecule has 1 atom stereocenters. The molecule has 1 unspecified atom stereocenters. The Bertz CT molecular complexity index is 626. The Hall–Kier alpha value is -0.920. The van der Waals surface area contributed by atoms with Crippen molar-refractivity contribution < 1.29 is 23.7 Å². The van der Waals surface area contributed by atoms with E-state index in [0.29, 0.717) is 44.8 Å². The van der Waals surface area contributed by atoms with Crippen molar-refractivity contribution in [1.82, 2.24) is 4.98 Å². The Morgan fingerprint density at radius 2 is 1.96 bits per heavy atom. The van der Waals surface area contributed by atoms with Crippen molar-refractivity contribution in [2.24, 2.45) is 0 Å². The first-order valence-corrected chi connectivity index (χ1v) is 9.22. The average molecular weight is 370 g/mol. The second-order valence-electron chi connectivity index (χ2n) is 6.95. The molecule has 4 rings (SSSR count). The molecule has 1 aromatic rings. The quantitative estimate of drug-likeness (QED) is 0.760. The number of halogens is 1. The molecule has 25 heavy (non-hydrogen) atoms. The van der Waals surface area contributed by atoms with Gasteiger partial charge in [0.2, 0.25) is 0 Å². The molecule has 1 aromatic heterocycles. The van der Waals surface area contributed by atoms with E-state index in [9.17, 15) is 0 Å².